The largest absolute Gasteiger partial charge is 0.418 e. The zero-order valence-corrected chi connectivity index (χ0v) is 12.6. The van der Waals surface area contributed by atoms with Gasteiger partial charge in [0.15, 0.2) is 0 Å². The molecule has 0 saturated heterocycles. The lowest BCUT2D eigenvalue weighted by atomic mass is 9.87. The summed E-state index contributed by atoms with van der Waals surface area (Å²) in [5.74, 6) is 0. The molecule has 1 aromatic carbocycles. The van der Waals surface area contributed by atoms with E-state index in [1.165, 1.54) is 6.07 Å². The van der Waals surface area contributed by atoms with Crippen molar-refractivity contribution in [2.45, 2.75) is 32.4 Å². The second-order valence-electron chi connectivity index (χ2n) is 5.60. The van der Waals surface area contributed by atoms with Crippen LogP contribution in [-0.2, 0) is 11.6 Å². The maximum absolute atomic E-state index is 13.0. The fourth-order valence-electron chi connectivity index (χ4n) is 1.97. The second kappa shape index (κ2) is 4.78. The molecule has 0 N–H and O–H groups in total. The molecule has 0 saturated carbocycles. The quantitative estimate of drug-likeness (QED) is 0.554. The minimum absolute atomic E-state index is 0.0220. The Morgan fingerprint density at radius 1 is 0.950 bits per heavy atom. The number of benzene rings is 1. The van der Waals surface area contributed by atoms with Crippen LogP contribution < -0.4 is 0 Å². The molecule has 1 aromatic heterocycles. The number of pyridine rings is 1. The molecule has 0 bridgehead atoms. The van der Waals surface area contributed by atoms with Gasteiger partial charge in [0, 0.05) is 10.4 Å². The Balaban J connectivity index is 2.85. The average molecular weight is 322 g/mol. The molecular formula is C14H12Cl2F3N. The summed E-state index contributed by atoms with van der Waals surface area (Å²) in [6, 6.07) is 3.94. The molecule has 0 aliphatic heterocycles. The first-order chi connectivity index (χ1) is 9.00. The summed E-state index contributed by atoms with van der Waals surface area (Å²) in [5, 5.41) is 0.436. The summed E-state index contributed by atoms with van der Waals surface area (Å²) < 4.78 is 39.1. The van der Waals surface area contributed by atoms with E-state index >= 15 is 0 Å². The monoisotopic (exact) mass is 321 g/mol. The van der Waals surface area contributed by atoms with Crippen LogP contribution in [0.2, 0.25) is 10.2 Å². The van der Waals surface area contributed by atoms with E-state index in [1.807, 2.05) is 20.8 Å². The topological polar surface area (TPSA) is 12.9 Å². The van der Waals surface area contributed by atoms with Crippen molar-refractivity contribution in [2.24, 2.45) is 0 Å². The summed E-state index contributed by atoms with van der Waals surface area (Å²) >= 11 is 11.8. The van der Waals surface area contributed by atoms with Gasteiger partial charge in [-0.3, -0.25) is 0 Å². The van der Waals surface area contributed by atoms with Gasteiger partial charge in [-0.25, -0.2) is 4.98 Å². The lowest BCUT2D eigenvalue weighted by molar-refractivity contribution is -0.136. The van der Waals surface area contributed by atoms with E-state index in [4.69, 9.17) is 23.2 Å². The maximum Gasteiger partial charge on any atom is 0.418 e. The van der Waals surface area contributed by atoms with Gasteiger partial charge < -0.3 is 0 Å². The highest BCUT2D eigenvalue weighted by atomic mass is 35.5. The molecule has 0 spiro atoms. The minimum Gasteiger partial charge on any atom is -0.235 e. The fourth-order valence-corrected chi connectivity index (χ4v) is 2.62. The lowest BCUT2D eigenvalue weighted by Crippen LogP contribution is -2.13. The Bertz CT molecular complexity index is 673. The lowest BCUT2D eigenvalue weighted by Gasteiger charge is -2.21. The molecule has 108 valence electrons. The van der Waals surface area contributed by atoms with E-state index in [0.29, 0.717) is 10.9 Å². The van der Waals surface area contributed by atoms with Gasteiger partial charge in [-0.15, -0.1) is 0 Å². The van der Waals surface area contributed by atoms with Gasteiger partial charge in [-0.1, -0.05) is 44.0 Å². The molecule has 0 radical (unpaired) electrons. The number of rotatable bonds is 0. The van der Waals surface area contributed by atoms with Crippen LogP contribution in [0.1, 0.15) is 31.9 Å². The van der Waals surface area contributed by atoms with Crippen LogP contribution in [-0.4, -0.2) is 4.98 Å². The van der Waals surface area contributed by atoms with Crippen molar-refractivity contribution in [3.05, 3.63) is 39.5 Å². The molecule has 20 heavy (non-hydrogen) atoms. The Kier molecular flexibility index (Phi) is 3.68. The predicted molar refractivity (Wildman–Crippen MR) is 75.5 cm³/mol. The van der Waals surface area contributed by atoms with Crippen LogP contribution in [0.15, 0.2) is 18.2 Å². The number of halogens is 5. The smallest absolute Gasteiger partial charge is 0.235 e. The second-order valence-corrected chi connectivity index (χ2v) is 6.39. The number of alkyl halides is 3. The van der Waals surface area contributed by atoms with Crippen molar-refractivity contribution in [2.75, 3.05) is 0 Å². The number of aromatic nitrogens is 1. The van der Waals surface area contributed by atoms with Crippen LogP contribution in [0.3, 0.4) is 0 Å². The number of hydrogen-bond acceptors (Lipinski definition) is 1. The normalized spacial score (nSPS) is 13.0. The van der Waals surface area contributed by atoms with E-state index < -0.39 is 11.7 Å². The van der Waals surface area contributed by atoms with Crippen molar-refractivity contribution in [1.82, 2.24) is 4.98 Å². The van der Waals surface area contributed by atoms with Gasteiger partial charge >= 0.3 is 6.18 Å². The summed E-state index contributed by atoms with van der Waals surface area (Å²) in [7, 11) is 0. The third-order valence-electron chi connectivity index (χ3n) is 2.95. The molecule has 2 aromatic rings. The highest BCUT2D eigenvalue weighted by Gasteiger charge is 2.34. The van der Waals surface area contributed by atoms with E-state index in [1.54, 1.807) is 6.07 Å². The van der Waals surface area contributed by atoms with Gasteiger partial charge in [0.25, 0.3) is 0 Å². The molecule has 0 unspecified atom stereocenters. The fraction of sp³-hybridized carbons (Fsp3) is 0.357. The molecule has 0 aliphatic rings. The van der Waals surface area contributed by atoms with Gasteiger partial charge in [-0.05, 0) is 29.2 Å². The van der Waals surface area contributed by atoms with Crippen molar-refractivity contribution in [1.29, 1.82) is 0 Å². The van der Waals surface area contributed by atoms with Crippen molar-refractivity contribution >= 4 is 34.1 Å². The minimum atomic E-state index is -4.53. The van der Waals surface area contributed by atoms with Crippen molar-refractivity contribution in [3.63, 3.8) is 0 Å². The SMILES string of the molecule is CC(C)(C)c1cc2cc(Cl)cc(C(F)(F)F)c2nc1Cl. The molecule has 6 heteroatoms. The Labute approximate surface area is 124 Å². The van der Waals surface area contributed by atoms with E-state index in [9.17, 15) is 13.2 Å². The number of hydrogen-bond donors (Lipinski definition) is 0. The van der Waals surface area contributed by atoms with E-state index in [-0.39, 0.29) is 21.1 Å². The maximum atomic E-state index is 13.0. The Morgan fingerprint density at radius 2 is 1.55 bits per heavy atom. The van der Waals surface area contributed by atoms with Crippen LogP contribution in [0.25, 0.3) is 10.9 Å². The molecule has 1 nitrogen and oxygen atoms in total. The van der Waals surface area contributed by atoms with Crippen molar-refractivity contribution < 1.29 is 13.2 Å². The van der Waals surface area contributed by atoms with E-state index in [2.05, 4.69) is 4.98 Å². The standard InChI is InChI=1S/C14H12Cl2F3N/c1-13(2,3)10-5-7-4-8(15)6-9(14(17,18)19)11(7)20-12(10)16/h4-6H,1-3H3. The van der Waals surface area contributed by atoms with Crippen LogP contribution in [0.5, 0.6) is 0 Å². The van der Waals surface area contributed by atoms with Gasteiger partial charge in [-0.2, -0.15) is 13.2 Å². The summed E-state index contributed by atoms with van der Waals surface area (Å²) in [6.07, 6.45) is -4.53. The highest BCUT2D eigenvalue weighted by molar-refractivity contribution is 6.32. The Hall–Kier alpha value is -1.00. The molecule has 0 aliphatic carbocycles. The summed E-state index contributed by atoms with van der Waals surface area (Å²) in [6.45, 7) is 5.74. The first-order valence-electron chi connectivity index (χ1n) is 5.87. The highest BCUT2D eigenvalue weighted by Crippen LogP contribution is 2.39. The van der Waals surface area contributed by atoms with Gasteiger partial charge in [0.05, 0.1) is 11.1 Å². The number of fused-ring (bicyclic) bond motifs is 1. The van der Waals surface area contributed by atoms with Crippen molar-refractivity contribution in [3.8, 4) is 0 Å². The molecular weight excluding hydrogens is 310 g/mol. The first kappa shape index (κ1) is 15.4. The van der Waals surface area contributed by atoms with Crippen LogP contribution in [0, 0.1) is 0 Å². The van der Waals surface area contributed by atoms with Crippen LogP contribution >= 0.6 is 23.2 Å². The summed E-state index contributed by atoms with van der Waals surface area (Å²) in [5.41, 5.74) is -0.691. The average Bonchev–Trinajstić information content (AvgIpc) is 2.25. The van der Waals surface area contributed by atoms with E-state index in [0.717, 1.165) is 6.07 Å². The van der Waals surface area contributed by atoms with Gasteiger partial charge in [0.1, 0.15) is 5.15 Å². The van der Waals surface area contributed by atoms with Gasteiger partial charge in [0.2, 0.25) is 0 Å². The Morgan fingerprint density at radius 3 is 2.05 bits per heavy atom. The van der Waals surface area contributed by atoms with Crippen LogP contribution in [0.4, 0.5) is 13.2 Å². The third kappa shape index (κ3) is 2.86. The molecule has 0 fully saturated rings. The third-order valence-corrected chi connectivity index (χ3v) is 3.46. The zero-order valence-electron chi connectivity index (χ0n) is 11.1. The molecule has 2 rings (SSSR count). The summed E-state index contributed by atoms with van der Waals surface area (Å²) in [4.78, 5) is 3.94. The first-order valence-corrected chi connectivity index (χ1v) is 6.63. The number of nitrogens with zero attached hydrogens (tertiary/aromatic N) is 1. The predicted octanol–water partition coefficient (Wildman–Crippen LogP) is 5.86. The molecule has 0 atom stereocenters. The molecule has 0 amide bonds. The zero-order chi connectivity index (χ0) is 15.3. The molecule has 1 heterocycles.